The summed E-state index contributed by atoms with van der Waals surface area (Å²) in [6.07, 6.45) is 1.67. The Morgan fingerprint density at radius 3 is 2.60 bits per heavy atom. The summed E-state index contributed by atoms with van der Waals surface area (Å²) in [5.74, 6) is 0. The van der Waals surface area contributed by atoms with E-state index in [-0.39, 0.29) is 16.0 Å². The van der Waals surface area contributed by atoms with E-state index in [1.54, 1.807) is 12.1 Å². The minimum Gasteiger partial charge on any atom is -0.303 e. The Bertz CT molecular complexity index is 572. The molecule has 2 rings (SSSR count). The molecule has 4 nitrogen and oxygen atoms in total. The predicted octanol–water partition coefficient (Wildman–Crippen LogP) is 2.87. The first-order valence-corrected chi connectivity index (χ1v) is 9.27. The van der Waals surface area contributed by atoms with Crippen molar-refractivity contribution in [1.82, 2.24) is 9.62 Å². The van der Waals surface area contributed by atoms with Gasteiger partial charge in [0.05, 0.1) is 5.02 Å². The summed E-state index contributed by atoms with van der Waals surface area (Å²) in [6, 6.07) is 4.79. The summed E-state index contributed by atoms with van der Waals surface area (Å²) in [4.78, 5) is 2.46. The highest BCUT2D eigenvalue weighted by molar-refractivity contribution is 9.10. The van der Waals surface area contributed by atoms with Crippen molar-refractivity contribution in [1.29, 1.82) is 0 Å². The molecule has 0 aliphatic carbocycles. The van der Waals surface area contributed by atoms with Crippen molar-refractivity contribution in [3.8, 4) is 0 Å². The lowest BCUT2D eigenvalue weighted by Crippen LogP contribution is -2.44. The monoisotopic (exact) mass is 380 g/mol. The molecule has 1 aliphatic heterocycles. The summed E-state index contributed by atoms with van der Waals surface area (Å²) in [7, 11) is -3.55. The van der Waals surface area contributed by atoms with Gasteiger partial charge < -0.3 is 4.90 Å². The van der Waals surface area contributed by atoms with Crippen molar-refractivity contribution < 1.29 is 8.42 Å². The lowest BCUT2D eigenvalue weighted by Gasteiger charge is -2.31. The van der Waals surface area contributed by atoms with Crippen LogP contribution in [-0.2, 0) is 10.0 Å². The van der Waals surface area contributed by atoms with Gasteiger partial charge in [-0.2, -0.15) is 0 Å². The lowest BCUT2D eigenvalue weighted by atomic mass is 10.1. The number of sulfonamides is 1. The fourth-order valence-electron chi connectivity index (χ4n) is 2.34. The topological polar surface area (TPSA) is 49.4 Å². The van der Waals surface area contributed by atoms with Crippen LogP contribution in [0.3, 0.4) is 0 Å². The van der Waals surface area contributed by atoms with Crippen LogP contribution in [0.5, 0.6) is 0 Å². The first-order valence-electron chi connectivity index (χ1n) is 6.62. The number of piperidine rings is 1. The smallest absolute Gasteiger partial charge is 0.242 e. The summed E-state index contributed by atoms with van der Waals surface area (Å²) >= 11 is 9.29. The summed E-state index contributed by atoms with van der Waals surface area (Å²) in [5.41, 5.74) is 0. The van der Waals surface area contributed by atoms with E-state index in [2.05, 4.69) is 32.5 Å². The van der Waals surface area contributed by atoms with Crippen LogP contribution in [0.2, 0.25) is 5.02 Å². The number of nitrogens with one attached hydrogen (secondary N) is 1. The number of halogens is 2. The molecule has 7 heteroatoms. The molecule has 1 fully saturated rings. The van der Waals surface area contributed by atoms with Crippen molar-refractivity contribution in [3.63, 3.8) is 0 Å². The van der Waals surface area contributed by atoms with Crippen LogP contribution in [-0.4, -0.2) is 39.0 Å². The molecule has 20 heavy (non-hydrogen) atoms. The summed E-state index contributed by atoms with van der Waals surface area (Å²) in [5, 5.41) is 0.234. The van der Waals surface area contributed by atoms with Crippen molar-refractivity contribution >= 4 is 37.6 Å². The fraction of sp³-hybridized carbons (Fsp3) is 0.538. The normalized spacial score (nSPS) is 18.4. The Hall–Kier alpha value is -0.140. The number of hydrogen-bond donors (Lipinski definition) is 1. The Labute approximate surface area is 133 Å². The molecule has 0 unspecified atom stereocenters. The highest BCUT2D eigenvalue weighted by atomic mass is 79.9. The molecular formula is C13H18BrClN2O2S. The second-order valence-corrected chi connectivity index (χ2v) is 7.91. The van der Waals surface area contributed by atoms with Crippen LogP contribution in [0.4, 0.5) is 0 Å². The van der Waals surface area contributed by atoms with Gasteiger partial charge in [-0.25, -0.2) is 13.1 Å². The molecule has 1 aromatic rings. The van der Waals surface area contributed by atoms with E-state index in [4.69, 9.17) is 11.6 Å². The molecule has 0 atom stereocenters. The Kier molecular flexibility index (Phi) is 5.48. The number of hydrogen-bond acceptors (Lipinski definition) is 3. The molecule has 1 aromatic carbocycles. The second-order valence-electron chi connectivity index (χ2n) is 4.90. The highest BCUT2D eigenvalue weighted by Crippen LogP contribution is 2.26. The van der Waals surface area contributed by atoms with Gasteiger partial charge in [0, 0.05) is 10.5 Å². The average molecular weight is 382 g/mol. The lowest BCUT2D eigenvalue weighted by molar-refractivity contribution is 0.217. The van der Waals surface area contributed by atoms with Gasteiger partial charge in [-0.05, 0) is 50.7 Å². The van der Waals surface area contributed by atoms with Gasteiger partial charge in [0.25, 0.3) is 0 Å². The zero-order chi connectivity index (χ0) is 14.8. The van der Waals surface area contributed by atoms with Crippen LogP contribution < -0.4 is 4.72 Å². The summed E-state index contributed by atoms with van der Waals surface area (Å²) < 4.78 is 28.2. The molecule has 0 spiro atoms. The number of benzene rings is 1. The van der Waals surface area contributed by atoms with Crippen LogP contribution in [0, 0.1) is 0 Å². The molecule has 112 valence electrons. The number of likely N-dealkylation sites (tertiary alicyclic amines) is 1. The van der Waals surface area contributed by atoms with E-state index in [9.17, 15) is 8.42 Å². The Balaban J connectivity index is 2.08. The quantitative estimate of drug-likeness (QED) is 0.872. The Morgan fingerprint density at radius 1 is 1.40 bits per heavy atom. The maximum Gasteiger partial charge on any atom is 0.242 e. The van der Waals surface area contributed by atoms with Gasteiger partial charge >= 0.3 is 0 Å². The molecule has 1 aliphatic rings. The Morgan fingerprint density at radius 2 is 2.05 bits per heavy atom. The third kappa shape index (κ3) is 3.95. The van der Waals surface area contributed by atoms with Gasteiger partial charge in [0.2, 0.25) is 10.0 Å². The van der Waals surface area contributed by atoms with Crippen LogP contribution >= 0.6 is 27.5 Å². The van der Waals surface area contributed by atoms with Crippen molar-refractivity contribution in [3.05, 3.63) is 27.7 Å². The third-order valence-corrected chi connectivity index (χ3v) is 6.04. The van der Waals surface area contributed by atoms with Gasteiger partial charge in [-0.1, -0.05) is 34.5 Å². The minimum atomic E-state index is -3.55. The van der Waals surface area contributed by atoms with Crippen LogP contribution in [0.1, 0.15) is 19.8 Å². The van der Waals surface area contributed by atoms with E-state index in [1.165, 1.54) is 6.07 Å². The zero-order valence-electron chi connectivity index (χ0n) is 11.3. The van der Waals surface area contributed by atoms with E-state index >= 15 is 0 Å². The van der Waals surface area contributed by atoms with Gasteiger partial charge in [0.15, 0.2) is 0 Å². The number of nitrogens with zero attached hydrogens (tertiary/aromatic N) is 1. The average Bonchev–Trinajstić information content (AvgIpc) is 2.38. The molecule has 1 heterocycles. The maximum atomic E-state index is 12.4. The van der Waals surface area contributed by atoms with Crippen molar-refractivity contribution in [2.45, 2.75) is 30.7 Å². The SMILES string of the molecule is CCN1CCC(NS(=O)(=O)c2ccc(Br)cc2Cl)CC1. The highest BCUT2D eigenvalue weighted by Gasteiger charge is 2.25. The van der Waals surface area contributed by atoms with Gasteiger partial charge in [0.1, 0.15) is 4.90 Å². The van der Waals surface area contributed by atoms with Crippen LogP contribution in [0.15, 0.2) is 27.6 Å². The third-order valence-electron chi connectivity index (χ3n) is 3.54. The van der Waals surface area contributed by atoms with E-state index in [1.807, 2.05) is 0 Å². The molecule has 0 bridgehead atoms. The maximum absolute atomic E-state index is 12.4. The molecule has 1 saturated heterocycles. The largest absolute Gasteiger partial charge is 0.303 e. The first-order chi connectivity index (χ1) is 9.42. The van der Waals surface area contributed by atoms with E-state index in [0.717, 1.165) is 36.9 Å². The molecule has 1 N–H and O–H groups in total. The molecule has 0 radical (unpaired) electrons. The molecule has 0 saturated carbocycles. The fourth-order valence-corrected chi connectivity index (χ4v) is 4.69. The van der Waals surface area contributed by atoms with Gasteiger partial charge in [-0.15, -0.1) is 0 Å². The second kappa shape index (κ2) is 6.75. The van der Waals surface area contributed by atoms with E-state index in [0.29, 0.717) is 0 Å². The minimum absolute atomic E-state index is 0.0116. The standard InChI is InChI=1S/C13H18BrClN2O2S/c1-2-17-7-5-11(6-8-17)16-20(18,19)13-4-3-10(14)9-12(13)15/h3-4,9,11,16H,2,5-8H2,1H3. The van der Waals surface area contributed by atoms with E-state index < -0.39 is 10.0 Å². The zero-order valence-corrected chi connectivity index (χ0v) is 14.4. The predicted molar refractivity (Wildman–Crippen MR) is 84.6 cm³/mol. The molecule has 0 aromatic heterocycles. The van der Waals surface area contributed by atoms with Crippen molar-refractivity contribution in [2.75, 3.05) is 19.6 Å². The molecule has 0 amide bonds. The number of rotatable bonds is 4. The summed E-state index contributed by atoms with van der Waals surface area (Å²) in [6.45, 7) is 4.99. The van der Waals surface area contributed by atoms with Gasteiger partial charge in [-0.3, -0.25) is 0 Å². The van der Waals surface area contributed by atoms with Crippen LogP contribution in [0.25, 0.3) is 0 Å². The first kappa shape index (κ1) is 16.2. The molecular weight excluding hydrogens is 364 g/mol. The van der Waals surface area contributed by atoms with Crippen molar-refractivity contribution in [2.24, 2.45) is 0 Å².